The van der Waals surface area contributed by atoms with E-state index in [9.17, 15) is 14.7 Å². The number of carboxylic acids is 1. The lowest BCUT2D eigenvalue weighted by Gasteiger charge is -2.28. The quantitative estimate of drug-likeness (QED) is 0.245. The fourth-order valence-corrected chi connectivity index (χ4v) is 5.29. The molecular weight excluding hydrogens is 486 g/mol. The van der Waals surface area contributed by atoms with Gasteiger partial charge in [-0.1, -0.05) is 72.2 Å². The SMILES string of the molecule is CCCCc1nc2ccc(NC(=O)C(C)C)cc2n1-c1ccc(-c2ccccc2C(=O)O)c(C)c1C(C)(C)C. The van der Waals surface area contributed by atoms with Crippen molar-refractivity contribution in [2.75, 3.05) is 5.32 Å². The van der Waals surface area contributed by atoms with Crippen molar-refractivity contribution in [3.8, 4) is 16.8 Å². The third kappa shape index (κ3) is 5.60. The van der Waals surface area contributed by atoms with Crippen molar-refractivity contribution in [3.05, 3.63) is 77.1 Å². The van der Waals surface area contributed by atoms with Gasteiger partial charge in [-0.2, -0.15) is 0 Å². The summed E-state index contributed by atoms with van der Waals surface area (Å²) in [5.74, 6) is -0.117. The van der Waals surface area contributed by atoms with Crippen LogP contribution in [-0.4, -0.2) is 26.5 Å². The van der Waals surface area contributed by atoms with E-state index in [0.29, 0.717) is 5.56 Å². The predicted molar refractivity (Wildman–Crippen MR) is 159 cm³/mol. The first-order chi connectivity index (χ1) is 18.4. The fourth-order valence-electron chi connectivity index (χ4n) is 5.29. The van der Waals surface area contributed by atoms with Crippen molar-refractivity contribution in [2.45, 2.75) is 73.1 Å². The maximum absolute atomic E-state index is 12.5. The molecule has 0 unspecified atom stereocenters. The number of unbranched alkanes of at least 4 members (excludes halogenated alkanes) is 1. The van der Waals surface area contributed by atoms with Crippen LogP contribution in [-0.2, 0) is 16.6 Å². The Labute approximate surface area is 231 Å². The minimum absolute atomic E-state index is 0.0284. The maximum atomic E-state index is 12.5. The molecule has 0 spiro atoms. The lowest BCUT2D eigenvalue weighted by molar-refractivity contribution is -0.118. The van der Waals surface area contributed by atoms with E-state index in [1.54, 1.807) is 12.1 Å². The number of carbonyl (C=O) groups excluding carboxylic acids is 1. The van der Waals surface area contributed by atoms with Crippen LogP contribution in [0.15, 0.2) is 54.6 Å². The van der Waals surface area contributed by atoms with Gasteiger partial charge in [0.15, 0.2) is 0 Å². The van der Waals surface area contributed by atoms with E-state index in [1.807, 2.05) is 50.2 Å². The molecule has 4 rings (SSSR count). The molecular formula is C33H39N3O3. The van der Waals surface area contributed by atoms with Gasteiger partial charge < -0.3 is 10.4 Å². The number of benzene rings is 3. The first-order valence-corrected chi connectivity index (χ1v) is 13.7. The number of amides is 1. The Morgan fingerprint density at radius 2 is 1.74 bits per heavy atom. The van der Waals surface area contributed by atoms with Gasteiger partial charge in [-0.15, -0.1) is 0 Å². The Hall–Kier alpha value is -3.93. The van der Waals surface area contributed by atoms with Gasteiger partial charge in [-0.05, 0) is 71.3 Å². The summed E-state index contributed by atoms with van der Waals surface area (Å²) in [6.45, 7) is 14.6. The highest BCUT2D eigenvalue weighted by Crippen LogP contribution is 2.40. The number of carboxylic acid groups (broad SMARTS) is 1. The number of aromatic nitrogens is 2. The Balaban J connectivity index is 2.01. The molecule has 204 valence electrons. The number of anilines is 1. The van der Waals surface area contributed by atoms with Crippen molar-refractivity contribution < 1.29 is 14.7 Å². The van der Waals surface area contributed by atoms with Crippen LogP contribution in [0.2, 0.25) is 0 Å². The first kappa shape index (κ1) is 28.1. The molecule has 1 amide bonds. The van der Waals surface area contributed by atoms with E-state index in [4.69, 9.17) is 4.98 Å². The standard InChI is InChI=1S/C33H39N3O3/c1-8-9-14-29-35-26-17-15-22(34-31(37)20(2)3)19-28(26)36(29)27-18-16-23(21(4)30(27)33(5,6)7)24-12-10-11-13-25(24)32(38)39/h10-13,15-20H,8-9,14H2,1-7H3,(H,34,37)(H,38,39). The molecule has 1 aromatic heterocycles. The summed E-state index contributed by atoms with van der Waals surface area (Å²) in [6, 6.07) is 17.2. The van der Waals surface area contributed by atoms with E-state index in [1.165, 1.54) is 0 Å². The van der Waals surface area contributed by atoms with E-state index in [-0.39, 0.29) is 22.8 Å². The summed E-state index contributed by atoms with van der Waals surface area (Å²) in [5, 5.41) is 12.9. The number of hydrogen-bond donors (Lipinski definition) is 2. The van der Waals surface area contributed by atoms with Crippen LogP contribution < -0.4 is 5.32 Å². The molecule has 0 atom stereocenters. The zero-order valence-corrected chi connectivity index (χ0v) is 24.1. The van der Waals surface area contributed by atoms with Crippen LogP contribution in [0.3, 0.4) is 0 Å². The number of fused-ring (bicyclic) bond motifs is 1. The average Bonchev–Trinajstić information content (AvgIpc) is 3.23. The predicted octanol–water partition coefficient (Wildman–Crippen LogP) is 7.93. The molecule has 0 fully saturated rings. The number of carbonyl (C=O) groups is 2. The number of imidazole rings is 1. The summed E-state index contributed by atoms with van der Waals surface area (Å²) in [4.78, 5) is 29.5. The molecule has 6 nitrogen and oxygen atoms in total. The summed E-state index contributed by atoms with van der Waals surface area (Å²) in [5.41, 5.74) is 7.42. The molecule has 6 heteroatoms. The molecule has 0 aliphatic carbocycles. The zero-order chi connectivity index (χ0) is 28.5. The summed E-state index contributed by atoms with van der Waals surface area (Å²) in [6.07, 6.45) is 2.88. The molecule has 0 radical (unpaired) electrons. The summed E-state index contributed by atoms with van der Waals surface area (Å²) >= 11 is 0. The lowest BCUT2D eigenvalue weighted by Crippen LogP contribution is -2.19. The first-order valence-electron chi connectivity index (χ1n) is 13.7. The highest BCUT2D eigenvalue weighted by Gasteiger charge is 2.27. The van der Waals surface area contributed by atoms with Gasteiger partial charge in [0.25, 0.3) is 0 Å². The number of aryl methyl sites for hydroxylation is 1. The van der Waals surface area contributed by atoms with Crippen molar-refractivity contribution >= 4 is 28.6 Å². The highest BCUT2D eigenvalue weighted by molar-refractivity contribution is 5.97. The Morgan fingerprint density at radius 1 is 1.03 bits per heavy atom. The normalized spacial score (nSPS) is 11.8. The fraction of sp³-hybridized carbons (Fsp3) is 0.364. The van der Waals surface area contributed by atoms with E-state index in [2.05, 4.69) is 50.6 Å². The molecule has 0 saturated carbocycles. The third-order valence-corrected chi connectivity index (χ3v) is 7.15. The number of nitrogens with one attached hydrogen (secondary N) is 1. The molecule has 0 aliphatic heterocycles. The monoisotopic (exact) mass is 525 g/mol. The highest BCUT2D eigenvalue weighted by atomic mass is 16.4. The molecule has 4 aromatic rings. The molecule has 0 bridgehead atoms. The second-order valence-corrected chi connectivity index (χ2v) is 11.5. The van der Waals surface area contributed by atoms with Crippen LogP contribution in [0, 0.1) is 12.8 Å². The Kier molecular flexibility index (Phi) is 7.96. The smallest absolute Gasteiger partial charge is 0.336 e. The largest absolute Gasteiger partial charge is 0.478 e. The molecule has 3 aromatic carbocycles. The second-order valence-electron chi connectivity index (χ2n) is 11.5. The summed E-state index contributed by atoms with van der Waals surface area (Å²) in [7, 11) is 0. The number of nitrogens with zero attached hydrogens (tertiary/aromatic N) is 2. The molecule has 1 heterocycles. The maximum Gasteiger partial charge on any atom is 0.336 e. The second kappa shape index (κ2) is 11.0. The van der Waals surface area contributed by atoms with Gasteiger partial charge in [0, 0.05) is 18.0 Å². The van der Waals surface area contributed by atoms with Crippen LogP contribution in [0.25, 0.3) is 27.8 Å². The number of hydrogen-bond acceptors (Lipinski definition) is 3. The van der Waals surface area contributed by atoms with Gasteiger partial charge in [0.05, 0.1) is 22.3 Å². The molecule has 0 saturated heterocycles. The van der Waals surface area contributed by atoms with Gasteiger partial charge in [0.1, 0.15) is 5.82 Å². The van der Waals surface area contributed by atoms with Crippen molar-refractivity contribution in [3.63, 3.8) is 0 Å². The minimum atomic E-state index is -0.940. The Bertz CT molecular complexity index is 1540. The van der Waals surface area contributed by atoms with Crippen LogP contribution >= 0.6 is 0 Å². The average molecular weight is 526 g/mol. The minimum Gasteiger partial charge on any atom is -0.478 e. The van der Waals surface area contributed by atoms with Crippen LogP contribution in [0.5, 0.6) is 0 Å². The zero-order valence-electron chi connectivity index (χ0n) is 24.1. The molecule has 39 heavy (non-hydrogen) atoms. The molecule has 2 N–H and O–H groups in total. The molecule has 0 aliphatic rings. The number of rotatable bonds is 8. The Morgan fingerprint density at radius 3 is 2.38 bits per heavy atom. The van der Waals surface area contributed by atoms with Gasteiger partial charge in [-0.3, -0.25) is 9.36 Å². The van der Waals surface area contributed by atoms with Crippen molar-refractivity contribution in [1.82, 2.24) is 9.55 Å². The van der Waals surface area contributed by atoms with Gasteiger partial charge in [-0.25, -0.2) is 9.78 Å². The van der Waals surface area contributed by atoms with Crippen molar-refractivity contribution in [2.24, 2.45) is 5.92 Å². The van der Waals surface area contributed by atoms with Crippen LogP contribution in [0.1, 0.15) is 81.7 Å². The topological polar surface area (TPSA) is 84.2 Å². The lowest BCUT2D eigenvalue weighted by atomic mass is 9.79. The van der Waals surface area contributed by atoms with Gasteiger partial charge >= 0.3 is 5.97 Å². The van der Waals surface area contributed by atoms with E-state index < -0.39 is 5.97 Å². The van der Waals surface area contributed by atoms with E-state index in [0.717, 1.165) is 64.2 Å². The summed E-state index contributed by atoms with van der Waals surface area (Å²) < 4.78 is 2.23. The van der Waals surface area contributed by atoms with Gasteiger partial charge in [0.2, 0.25) is 5.91 Å². The van der Waals surface area contributed by atoms with E-state index >= 15 is 0 Å². The van der Waals surface area contributed by atoms with Crippen molar-refractivity contribution in [1.29, 1.82) is 0 Å². The third-order valence-electron chi connectivity index (χ3n) is 7.15. The number of aromatic carboxylic acids is 1. The van der Waals surface area contributed by atoms with Crippen LogP contribution in [0.4, 0.5) is 5.69 Å².